The SMILES string of the molecule is C=CCO/N=S1\N=C(CC(=O)NC2C(=O)N3C(C(=O)OC(c4ccccc4)c4ccccc4)=C(S/C=C\C#N)CSC23)N=C1N. The highest BCUT2D eigenvalue weighted by Gasteiger charge is 2.54. The zero-order chi connectivity index (χ0) is 31.8. The second-order valence-electron chi connectivity index (χ2n) is 9.44. The van der Waals surface area contributed by atoms with Gasteiger partial charge in [-0.1, -0.05) is 83.0 Å². The van der Waals surface area contributed by atoms with Crippen LogP contribution >= 0.6 is 23.5 Å². The molecule has 3 N–H and O–H groups in total. The number of rotatable bonds is 12. The number of thioether (sulfide) groups is 2. The number of hydrogen-bond donors (Lipinski definition) is 2. The quantitative estimate of drug-likeness (QED) is 0.0860. The number of fused-ring (bicyclic) bond motifs is 1. The molecule has 12 nitrogen and oxygen atoms in total. The van der Waals surface area contributed by atoms with Gasteiger partial charge in [0.1, 0.15) is 28.0 Å². The minimum atomic E-state index is -1.16. The van der Waals surface area contributed by atoms with Gasteiger partial charge < -0.3 is 15.8 Å². The fraction of sp³-hybridized carbons (Fsp3) is 0.200. The minimum Gasteiger partial charge on any atom is -0.448 e. The molecular formula is C30H27N7O5S3. The summed E-state index contributed by atoms with van der Waals surface area (Å²) in [5.41, 5.74) is 7.47. The summed E-state index contributed by atoms with van der Waals surface area (Å²) in [6.07, 6.45) is 1.86. The van der Waals surface area contributed by atoms with Crippen molar-refractivity contribution < 1.29 is 24.0 Å². The Labute approximate surface area is 270 Å². The van der Waals surface area contributed by atoms with Gasteiger partial charge in [-0.2, -0.15) is 9.66 Å². The molecule has 2 aromatic rings. The van der Waals surface area contributed by atoms with E-state index < -0.39 is 46.2 Å². The second-order valence-corrected chi connectivity index (χ2v) is 12.8. The number of amidine groups is 2. The molecule has 2 aromatic carbocycles. The summed E-state index contributed by atoms with van der Waals surface area (Å²) in [6, 6.07) is 19.7. The second kappa shape index (κ2) is 15.0. The van der Waals surface area contributed by atoms with Crippen LogP contribution in [0.2, 0.25) is 0 Å². The van der Waals surface area contributed by atoms with Crippen molar-refractivity contribution in [1.29, 1.82) is 5.26 Å². The van der Waals surface area contributed by atoms with Gasteiger partial charge in [-0.05, 0) is 16.5 Å². The lowest BCUT2D eigenvalue weighted by Crippen LogP contribution is -2.70. The van der Waals surface area contributed by atoms with Crippen molar-refractivity contribution in [2.75, 3.05) is 12.4 Å². The molecule has 3 heterocycles. The number of hydrogen-bond acceptors (Lipinski definition) is 11. The smallest absolute Gasteiger partial charge is 0.356 e. The lowest BCUT2D eigenvalue weighted by Gasteiger charge is -2.49. The summed E-state index contributed by atoms with van der Waals surface area (Å²) in [5, 5.41) is 12.8. The first-order valence-electron chi connectivity index (χ1n) is 13.5. The molecule has 0 aromatic heterocycles. The number of nitrogens with zero attached hydrogens (tertiary/aromatic N) is 5. The predicted octanol–water partition coefficient (Wildman–Crippen LogP) is 3.65. The van der Waals surface area contributed by atoms with E-state index in [0.717, 1.165) is 11.1 Å². The Bertz CT molecular complexity index is 1650. The number of esters is 1. The van der Waals surface area contributed by atoms with Crippen LogP contribution < -0.4 is 11.1 Å². The zero-order valence-corrected chi connectivity index (χ0v) is 26.1. The zero-order valence-electron chi connectivity index (χ0n) is 23.6. The Kier molecular flexibility index (Phi) is 10.6. The summed E-state index contributed by atoms with van der Waals surface area (Å²) in [5.74, 6) is -1.12. The minimum absolute atomic E-state index is 0.0846. The van der Waals surface area contributed by atoms with Crippen LogP contribution in [0.1, 0.15) is 23.7 Å². The molecule has 3 aliphatic heterocycles. The van der Waals surface area contributed by atoms with E-state index in [2.05, 4.69) is 25.8 Å². The summed E-state index contributed by atoms with van der Waals surface area (Å²) in [4.78, 5) is 51.4. The largest absolute Gasteiger partial charge is 0.448 e. The molecule has 0 spiro atoms. The van der Waals surface area contributed by atoms with Gasteiger partial charge in [0.05, 0.1) is 19.1 Å². The highest BCUT2D eigenvalue weighted by atomic mass is 32.2. The third-order valence-electron chi connectivity index (χ3n) is 6.48. The third kappa shape index (κ3) is 7.43. The van der Waals surface area contributed by atoms with Crippen molar-refractivity contribution in [2.24, 2.45) is 19.6 Å². The molecule has 1 fully saturated rings. The molecule has 0 bridgehead atoms. The summed E-state index contributed by atoms with van der Waals surface area (Å²) < 4.78 is 14.2. The lowest BCUT2D eigenvalue weighted by molar-refractivity contribution is -0.154. The van der Waals surface area contributed by atoms with Crippen molar-refractivity contribution in [2.45, 2.75) is 23.9 Å². The Morgan fingerprint density at radius 3 is 2.58 bits per heavy atom. The van der Waals surface area contributed by atoms with Crippen molar-refractivity contribution in [3.05, 3.63) is 107 Å². The van der Waals surface area contributed by atoms with Gasteiger partial charge in [0.15, 0.2) is 17.1 Å². The average molecular weight is 662 g/mol. The van der Waals surface area contributed by atoms with Gasteiger partial charge in [-0.3, -0.25) is 14.5 Å². The molecule has 2 amide bonds. The van der Waals surface area contributed by atoms with Crippen LogP contribution in [0.15, 0.2) is 109 Å². The van der Waals surface area contributed by atoms with E-state index in [-0.39, 0.29) is 29.7 Å². The van der Waals surface area contributed by atoms with Gasteiger partial charge in [0.2, 0.25) is 5.91 Å². The molecule has 3 unspecified atom stereocenters. The van der Waals surface area contributed by atoms with E-state index in [1.165, 1.54) is 40.6 Å². The number of amides is 2. The van der Waals surface area contributed by atoms with E-state index in [4.69, 9.17) is 20.6 Å². The number of ether oxygens (including phenoxy) is 1. The van der Waals surface area contributed by atoms with Gasteiger partial charge in [0, 0.05) is 16.7 Å². The molecule has 3 atom stereocenters. The maximum Gasteiger partial charge on any atom is 0.356 e. The maximum absolute atomic E-state index is 13.9. The molecule has 0 aliphatic carbocycles. The van der Waals surface area contributed by atoms with Crippen LogP contribution in [0.5, 0.6) is 0 Å². The lowest BCUT2D eigenvalue weighted by atomic mass is 10.0. The average Bonchev–Trinajstić information content (AvgIpc) is 3.40. The number of aliphatic imine (C=N–C) groups is 1. The predicted molar refractivity (Wildman–Crippen MR) is 175 cm³/mol. The van der Waals surface area contributed by atoms with Crippen LogP contribution in [0.4, 0.5) is 0 Å². The van der Waals surface area contributed by atoms with E-state index in [9.17, 15) is 14.4 Å². The molecular weight excluding hydrogens is 635 g/mol. The molecule has 3 aliphatic rings. The summed E-state index contributed by atoms with van der Waals surface area (Å²) >= 11 is 2.56. The highest BCUT2D eigenvalue weighted by molar-refractivity contribution is 8.08. The number of carbonyl (C=O) groups excluding carboxylic acids is 3. The number of allylic oxidation sites excluding steroid dienone is 1. The highest BCUT2D eigenvalue weighted by Crippen LogP contribution is 2.44. The van der Waals surface area contributed by atoms with Crippen molar-refractivity contribution in [1.82, 2.24) is 10.2 Å². The molecule has 0 saturated carbocycles. The normalized spacial score (nSPS) is 20.8. The summed E-state index contributed by atoms with van der Waals surface area (Å²) in [6.45, 7) is 3.72. The first-order valence-corrected chi connectivity index (χ1v) is 16.6. The van der Waals surface area contributed by atoms with E-state index >= 15 is 0 Å². The van der Waals surface area contributed by atoms with E-state index in [1.54, 1.807) is 5.41 Å². The molecule has 1 saturated heterocycles. The number of carbonyl (C=O) groups is 3. The van der Waals surface area contributed by atoms with Crippen LogP contribution in [0.3, 0.4) is 0 Å². The molecule has 15 heteroatoms. The van der Waals surface area contributed by atoms with Crippen molar-refractivity contribution in [3.8, 4) is 6.07 Å². The molecule has 230 valence electrons. The molecule has 5 rings (SSSR count). The van der Waals surface area contributed by atoms with Crippen LogP contribution in [-0.2, 0) is 34.8 Å². The van der Waals surface area contributed by atoms with E-state index in [1.807, 2.05) is 66.7 Å². The van der Waals surface area contributed by atoms with E-state index in [0.29, 0.717) is 10.7 Å². The Balaban J connectivity index is 1.34. The fourth-order valence-corrected chi connectivity index (χ4v) is 7.64. The number of nitriles is 1. The standard InChI is InChI=1S/C30H27N7O5S3/c1-2-15-41-36-45-30(32)33-22(35-45)17-23(38)34-24-27(39)37-25(21(18-44-28(24)37)43-16-9-14-31)29(40)42-26(19-10-5-3-6-11-19)20-12-7-4-8-13-20/h2-13,16,24,26,28H,1,15,17-18H2,(H,34,38)(H2,32,33,35)/b16-9-. The first kappa shape index (κ1) is 31.9. The fourth-order valence-electron chi connectivity index (χ4n) is 4.53. The summed E-state index contributed by atoms with van der Waals surface area (Å²) in [7, 11) is -1.16. The topological polar surface area (TPSA) is 172 Å². The molecule has 45 heavy (non-hydrogen) atoms. The van der Waals surface area contributed by atoms with Crippen molar-refractivity contribution >= 4 is 63.2 Å². The van der Waals surface area contributed by atoms with Gasteiger partial charge >= 0.3 is 5.97 Å². The number of nitrogens with one attached hydrogen (secondary N) is 1. The van der Waals surface area contributed by atoms with Gasteiger partial charge in [-0.15, -0.1) is 18.3 Å². The van der Waals surface area contributed by atoms with Crippen LogP contribution in [0, 0.1) is 11.3 Å². The number of β-lactam (4-membered cyclic amide) rings is 1. The molecule has 0 radical (unpaired) electrons. The number of nitrogens with two attached hydrogens (primary N) is 1. The van der Waals surface area contributed by atoms with Gasteiger partial charge in [-0.25, -0.2) is 14.6 Å². The van der Waals surface area contributed by atoms with Gasteiger partial charge in [0.25, 0.3) is 5.91 Å². The first-order chi connectivity index (χ1) is 21.9. The Morgan fingerprint density at radius 2 is 1.93 bits per heavy atom. The Hall–Kier alpha value is -4.49. The maximum atomic E-state index is 13.9. The third-order valence-corrected chi connectivity index (χ3v) is 9.93. The van der Waals surface area contributed by atoms with Crippen molar-refractivity contribution in [3.63, 3.8) is 0 Å². The number of benzene rings is 2. The van der Waals surface area contributed by atoms with Crippen LogP contribution in [0.25, 0.3) is 0 Å². The monoisotopic (exact) mass is 661 g/mol. The van der Waals surface area contributed by atoms with Crippen LogP contribution in [-0.4, -0.2) is 57.5 Å². The Morgan fingerprint density at radius 1 is 1.24 bits per heavy atom.